The molecule has 0 unspecified atom stereocenters. The van der Waals surface area contributed by atoms with Crippen molar-refractivity contribution < 1.29 is 4.74 Å². The maximum absolute atomic E-state index is 5.43. The van der Waals surface area contributed by atoms with Crippen LogP contribution in [0.4, 0.5) is 5.82 Å². The van der Waals surface area contributed by atoms with Crippen LogP contribution in [0, 0.1) is 0 Å². The Balaban J connectivity index is 1.39. The number of hydrogen-bond acceptors (Lipinski definition) is 6. The van der Waals surface area contributed by atoms with E-state index in [4.69, 9.17) is 9.72 Å². The van der Waals surface area contributed by atoms with Crippen LogP contribution in [0.25, 0.3) is 22.2 Å². The lowest BCUT2D eigenvalue weighted by molar-refractivity contribution is 0.122. The summed E-state index contributed by atoms with van der Waals surface area (Å²) in [6.45, 7) is 3.24. The average molecular weight is 379 g/mol. The first-order valence-corrected chi connectivity index (χ1v) is 10.3. The second-order valence-corrected chi connectivity index (χ2v) is 7.96. The van der Waals surface area contributed by atoms with E-state index in [2.05, 4.69) is 57.1 Å². The summed E-state index contributed by atoms with van der Waals surface area (Å²) in [5.74, 6) is 0.931. The summed E-state index contributed by atoms with van der Waals surface area (Å²) in [6, 6.07) is 15.7. The lowest BCUT2D eigenvalue weighted by Crippen LogP contribution is -2.36. The zero-order valence-electron chi connectivity index (χ0n) is 15.1. The molecule has 1 aliphatic heterocycles. The minimum atomic E-state index is 0.703. The monoisotopic (exact) mass is 378 g/mol. The van der Waals surface area contributed by atoms with Crippen molar-refractivity contribution in [3.8, 4) is 11.1 Å². The van der Waals surface area contributed by atoms with Crippen LogP contribution in [-0.2, 0) is 4.74 Å². The number of ether oxygens (including phenoxy) is 1. The first kappa shape index (κ1) is 17.0. The molecule has 0 atom stereocenters. The Bertz CT molecular complexity index is 937. The van der Waals surface area contributed by atoms with Crippen molar-refractivity contribution in [1.82, 2.24) is 14.7 Å². The van der Waals surface area contributed by atoms with Gasteiger partial charge in [0.15, 0.2) is 0 Å². The second kappa shape index (κ2) is 7.46. The van der Waals surface area contributed by atoms with E-state index in [1.54, 1.807) is 11.9 Å². The lowest BCUT2D eigenvalue weighted by atomic mass is 10.1. The number of fused-ring (bicyclic) bond motifs is 1. The summed E-state index contributed by atoms with van der Waals surface area (Å²) in [4.78, 5) is 12.9. The van der Waals surface area contributed by atoms with Gasteiger partial charge >= 0.3 is 0 Å². The van der Waals surface area contributed by atoms with Gasteiger partial charge in [-0.1, -0.05) is 18.2 Å². The number of rotatable bonds is 5. The molecule has 5 nitrogen and oxygen atoms in total. The van der Waals surface area contributed by atoms with Crippen LogP contribution in [0.3, 0.4) is 0 Å². The molecule has 3 aromatic rings. The van der Waals surface area contributed by atoms with Gasteiger partial charge in [-0.25, -0.2) is 4.98 Å². The van der Waals surface area contributed by atoms with E-state index >= 15 is 0 Å². The zero-order chi connectivity index (χ0) is 18.1. The molecule has 0 spiro atoms. The molecule has 0 bridgehead atoms. The van der Waals surface area contributed by atoms with Crippen LogP contribution in [0.1, 0.15) is 12.8 Å². The minimum absolute atomic E-state index is 0.703. The van der Waals surface area contributed by atoms with Crippen LogP contribution >= 0.6 is 11.9 Å². The van der Waals surface area contributed by atoms with Crippen molar-refractivity contribution >= 4 is 28.8 Å². The molecule has 27 heavy (non-hydrogen) atoms. The summed E-state index contributed by atoms with van der Waals surface area (Å²) in [7, 11) is 0. The van der Waals surface area contributed by atoms with Crippen LogP contribution in [0.15, 0.2) is 53.6 Å². The Morgan fingerprint density at radius 2 is 1.74 bits per heavy atom. The molecule has 1 aromatic heterocycles. The standard InChI is InChI=1S/C21H22N4OS/c1-6-18(27-24-17-4-5-17)7-2-15(1)16-3-8-19-20(13-16)23-21(14-22-19)25-9-11-26-12-10-25/h1-3,6-8,13-14,17,24H,4-5,9-12H2. The number of nitrogens with zero attached hydrogens (tertiary/aromatic N) is 3. The fraction of sp³-hybridized carbons (Fsp3) is 0.333. The number of benzene rings is 2. The molecule has 1 aliphatic carbocycles. The maximum atomic E-state index is 5.43. The summed E-state index contributed by atoms with van der Waals surface area (Å²) >= 11 is 1.73. The number of aromatic nitrogens is 2. The predicted molar refractivity (Wildman–Crippen MR) is 110 cm³/mol. The highest BCUT2D eigenvalue weighted by molar-refractivity contribution is 7.97. The molecule has 5 rings (SSSR count). The van der Waals surface area contributed by atoms with Gasteiger partial charge < -0.3 is 9.64 Å². The largest absolute Gasteiger partial charge is 0.378 e. The third kappa shape index (κ3) is 3.93. The van der Waals surface area contributed by atoms with Gasteiger partial charge in [0, 0.05) is 24.0 Å². The number of anilines is 1. The topological polar surface area (TPSA) is 50.3 Å². The first-order valence-electron chi connectivity index (χ1n) is 9.47. The van der Waals surface area contributed by atoms with E-state index in [1.807, 2.05) is 6.20 Å². The average Bonchev–Trinajstić information content (AvgIpc) is 3.57. The quantitative estimate of drug-likeness (QED) is 0.680. The molecule has 1 saturated carbocycles. The van der Waals surface area contributed by atoms with Gasteiger partial charge in [-0.3, -0.25) is 9.71 Å². The van der Waals surface area contributed by atoms with E-state index in [1.165, 1.54) is 28.9 Å². The molecule has 2 aromatic carbocycles. The molecule has 6 heteroatoms. The van der Waals surface area contributed by atoms with Crippen molar-refractivity contribution in [2.24, 2.45) is 0 Å². The molecule has 0 amide bonds. The van der Waals surface area contributed by atoms with Crippen LogP contribution in [0.2, 0.25) is 0 Å². The van der Waals surface area contributed by atoms with Crippen molar-refractivity contribution in [1.29, 1.82) is 0 Å². The fourth-order valence-electron chi connectivity index (χ4n) is 3.19. The van der Waals surface area contributed by atoms with Gasteiger partial charge in [0.2, 0.25) is 0 Å². The molecule has 0 radical (unpaired) electrons. The fourth-order valence-corrected chi connectivity index (χ4v) is 4.00. The van der Waals surface area contributed by atoms with Gasteiger partial charge in [-0.2, -0.15) is 0 Å². The third-order valence-corrected chi connectivity index (χ3v) is 5.93. The van der Waals surface area contributed by atoms with E-state index in [0.29, 0.717) is 6.04 Å². The van der Waals surface area contributed by atoms with Crippen molar-refractivity contribution in [3.05, 3.63) is 48.7 Å². The van der Waals surface area contributed by atoms with Crippen LogP contribution in [-0.4, -0.2) is 42.3 Å². The number of nitrogens with one attached hydrogen (secondary N) is 1. The highest BCUT2D eigenvalue weighted by Gasteiger charge is 2.20. The molecule has 2 heterocycles. The van der Waals surface area contributed by atoms with E-state index in [-0.39, 0.29) is 0 Å². The molecule has 2 aliphatic rings. The zero-order valence-corrected chi connectivity index (χ0v) is 15.9. The summed E-state index contributed by atoms with van der Waals surface area (Å²) in [5, 5.41) is 0. The predicted octanol–water partition coefficient (Wildman–Crippen LogP) is 3.89. The first-order chi connectivity index (χ1) is 13.3. The highest BCUT2D eigenvalue weighted by Crippen LogP contribution is 2.28. The van der Waals surface area contributed by atoms with Crippen LogP contribution in [0.5, 0.6) is 0 Å². The minimum Gasteiger partial charge on any atom is -0.378 e. The number of hydrogen-bond donors (Lipinski definition) is 1. The van der Waals surface area contributed by atoms with Crippen molar-refractivity contribution in [2.45, 2.75) is 23.8 Å². The Morgan fingerprint density at radius 3 is 2.52 bits per heavy atom. The van der Waals surface area contributed by atoms with Gasteiger partial charge in [-0.15, -0.1) is 0 Å². The Hall–Kier alpha value is -2.15. The van der Waals surface area contributed by atoms with E-state index in [0.717, 1.165) is 43.2 Å². The Morgan fingerprint density at radius 1 is 0.963 bits per heavy atom. The molecule has 2 fully saturated rings. The second-order valence-electron chi connectivity index (χ2n) is 7.05. The third-order valence-electron chi connectivity index (χ3n) is 4.97. The number of morpholine rings is 1. The normalized spacial score (nSPS) is 17.4. The van der Waals surface area contributed by atoms with Gasteiger partial charge in [-0.05, 0) is 60.2 Å². The Labute approximate surface area is 163 Å². The SMILES string of the molecule is c1cc(-c2ccc3ncc(N4CCOCC4)nc3c2)ccc1SNC1CC1. The molecule has 1 N–H and O–H groups in total. The van der Waals surface area contributed by atoms with Crippen LogP contribution < -0.4 is 9.62 Å². The van der Waals surface area contributed by atoms with E-state index in [9.17, 15) is 0 Å². The molecular weight excluding hydrogens is 356 g/mol. The van der Waals surface area contributed by atoms with E-state index < -0.39 is 0 Å². The summed E-state index contributed by atoms with van der Waals surface area (Å²) < 4.78 is 8.91. The van der Waals surface area contributed by atoms with Crippen molar-refractivity contribution in [3.63, 3.8) is 0 Å². The van der Waals surface area contributed by atoms with Gasteiger partial charge in [0.25, 0.3) is 0 Å². The Kier molecular flexibility index (Phi) is 4.69. The summed E-state index contributed by atoms with van der Waals surface area (Å²) in [5.41, 5.74) is 4.23. The highest BCUT2D eigenvalue weighted by atomic mass is 32.2. The van der Waals surface area contributed by atoms with Gasteiger partial charge in [0.1, 0.15) is 5.82 Å². The lowest BCUT2D eigenvalue weighted by Gasteiger charge is -2.27. The van der Waals surface area contributed by atoms with Crippen molar-refractivity contribution in [2.75, 3.05) is 31.2 Å². The smallest absolute Gasteiger partial charge is 0.148 e. The molecular formula is C21H22N4OS. The molecule has 138 valence electrons. The maximum Gasteiger partial charge on any atom is 0.148 e. The molecule has 1 saturated heterocycles. The van der Waals surface area contributed by atoms with Gasteiger partial charge in [0.05, 0.1) is 30.4 Å². The summed E-state index contributed by atoms with van der Waals surface area (Å²) in [6.07, 6.45) is 4.47.